The van der Waals surface area contributed by atoms with Crippen molar-refractivity contribution < 1.29 is 17.9 Å². The van der Waals surface area contributed by atoms with Crippen molar-refractivity contribution in [2.24, 2.45) is 4.40 Å². The molecule has 1 aliphatic rings. The van der Waals surface area contributed by atoms with Crippen molar-refractivity contribution in [3.63, 3.8) is 0 Å². The van der Waals surface area contributed by atoms with Crippen LogP contribution >= 0.6 is 0 Å². The maximum Gasteiger partial charge on any atom is 0.345 e. The van der Waals surface area contributed by atoms with Crippen LogP contribution in [0.5, 0.6) is 5.75 Å². The highest BCUT2D eigenvalue weighted by molar-refractivity contribution is 7.88. The van der Waals surface area contributed by atoms with Gasteiger partial charge in [0.15, 0.2) is 0 Å². The minimum atomic E-state index is -4.05. The molecule has 0 atom stereocenters. The van der Waals surface area contributed by atoms with Crippen LogP contribution in [-0.2, 0) is 15.0 Å². The van der Waals surface area contributed by atoms with Gasteiger partial charge in [-0.3, -0.25) is 9.78 Å². The summed E-state index contributed by atoms with van der Waals surface area (Å²) < 4.78 is 34.7. The molecule has 0 saturated carbocycles. The number of benzene rings is 1. The molecule has 0 saturated heterocycles. The van der Waals surface area contributed by atoms with Crippen molar-refractivity contribution >= 4 is 27.5 Å². The Morgan fingerprint density at radius 1 is 1.19 bits per heavy atom. The molecule has 0 spiro atoms. The maximum absolute atomic E-state index is 12.6. The summed E-state index contributed by atoms with van der Waals surface area (Å²) in [6.45, 7) is 0. The number of hydrogen-bond donors (Lipinski definition) is 1. The third-order valence-electron chi connectivity index (χ3n) is 3.71. The van der Waals surface area contributed by atoms with Crippen LogP contribution in [0.15, 0.2) is 65.0 Å². The van der Waals surface area contributed by atoms with Gasteiger partial charge in [0.05, 0.1) is 24.7 Å². The lowest BCUT2D eigenvalue weighted by molar-refractivity contribution is -0.113. The van der Waals surface area contributed by atoms with Gasteiger partial charge in [0.1, 0.15) is 11.4 Å². The van der Waals surface area contributed by atoms with Gasteiger partial charge in [0.2, 0.25) is 0 Å². The van der Waals surface area contributed by atoms with Crippen LogP contribution in [0, 0.1) is 0 Å². The van der Waals surface area contributed by atoms with E-state index in [2.05, 4.69) is 14.7 Å². The Hall–Kier alpha value is -3.20. The summed E-state index contributed by atoms with van der Waals surface area (Å²) in [5, 5.41) is 2.62. The summed E-state index contributed by atoms with van der Waals surface area (Å²) in [6.07, 6.45) is 4.44. The predicted octanol–water partition coefficient (Wildman–Crippen LogP) is 1.59. The smallest absolute Gasteiger partial charge is 0.345 e. The van der Waals surface area contributed by atoms with Crippen LogP contribution in [0.3, 0.4) is 0 Å². The normalized spacial score (nSPS) is 15.7. The number of hydrogen-bond acceptors (Lipinski definition) is 5. The molecule has 9 heteroatoms. The Labute approximate surface area is 151 Å². The van der Waals surface area contributed by atoms with Gasteiger partial charge in [-0.1, -0.05) is 12.1 Å². The van der Waals surface area contributed by atoms with Crippen LogP contribution in [0.1, 0.15) is 5.56 Å². The number of nitrogens with one attached hydrogen (secondary N) is 1. The van der Waals surface area contributed by atoms with E-state index in [-0.39, 0.29) is 11.4 Å². The number of allylic oxidation sites excluding steroid dienone is 1. The Morgan fingerprint density at radius 2 is 1.96 bits per heavy atom. The number of aromatic nitrogens is 1. The molecule has 1 aromatic carbocycles. The molecule has 1 aliphatic heterocycles. The van der Waals surface area contributed by atoms with Gasteiger partial charge in [-0.15, -0.1) is 4.40 Å². The molecule has 1 amide bonds. The average molecular weight is 372 g/mol. The van der Waals surface area contributed by atoms with E-state index in [9.17, 15) is 13.2 Å². The number of nitrogens with zero attached hydrogens (tertiary/aromatic N) is 3. The Kier molecular flexibility index (Phi) is 4.72. The molecule has 0 bridgehead atoms. The minimum Gasteiger partial charge on any atom is -0.496 e. The highest BCUT2D eigenvalue weighted by atomic mass is 32.2. The van der Waals surface area contributed by atoms with Crippen molar-refractivity contribution in [3.8, 4) is 5.75 Å². The Morgan fingerprint density at radius 3 is 2.65 bits per heavy atom. The third kappa shape index (κ3) is 3.42. The van der Waals surface area contributed by atoms with E-state index < -0.39 is 16.1 Å². The number of carbonyl (C=O) groups is 1. The fraction of sp³-hybridized carbons (Fsp3) is 0.118. The minimum absolute atomic E-state index is 0.0650. The van der Waals surface area contributed by atoms with Gasteiger partial charge in [-0.05, 0) is 30.3 Å². The molecule has 134 valence electrons. The molecule has 1 N–H and O–H groups in total. The monoisotopic (exact) mass is 372 g/mol. The average Bonchev–Trinajstić information content (AvgIpc) is 2.64. The topological polar surface area (TPSA) is 101 Å². The molecule has 8 nitrogen and oxygen atoms in total. The number of likely N-dealkylation sites (N-methyl/N-ethyl adjacent to an activating group) is 1. The zero-order chi connectivity index (χ0) is 18.7. The van der Waals surface area contributed by atoms with Crippen LogP contribution in [0.4, 0.5) is 5.69 Å². The molecular weight excluding hydrogens is 356 g/mol. The summed E-state index contributed by atoms with van der Waals surface area (Å²) in [5.74, 6) is -0.138. The zero-order valence-corrected chi connectivity index (χ0v) is 14.9. The fourth-order valence-electron chi connectivity index (χ4n) is 2.38. The van der Waals surface area contributed by atoms with E-state index in [4.69, 9.17) is 4.74 Å². The Bertz CT molecular complexity index is 1000. The highest BCUT2D eigenvalue weighted by Gasteiger charge is 2.30. The molecule has 3 rings (SSSR count). The van der Waals surface area contributed by atoms with Crippen molar-refractivity contribution in [2.45, 2.75) is 0 Å². The van der Waals surface area contributed by atoms with Gasteiger partial charge in [0, 0.05) is 18.8 Å². The molecule has 0 fully saturated rings. The summed E-state index contributed by atoms with van der Waals surface area (Å²) in [4.78, 5) is 16.5. The number of ether oxygens (including phenoxy) is 1. The molecule has 0 aliphatic carbocycles. The second-order valence-electron chi connectivity index (χ2n) is 5.35. The standard InChI is InChI=1S/C17H16N4O4S/c1-21-15(17(22)19-12-6-5-9-18-11-12)10-14(20-26(21,23)24)13-7-3-4-8-16(13)25-2/h3-11H,1-2H3,(H,19,22). The van der Waals surface area contributed by atoms with Gasteiger partial charge in [-0.25, -0.2) is 4.31 Å². The molecule has 0 radical (unpaired) electrons. The molecule has 2 heterocycles. The summed E-state index contributed by atoms with van der Waals surface area (Å²) in [5.41, 5.74) is 0.977. The SMILES string of the molecule is COc1ccccc1C1=NS(=O)(=O)N(C)C(C(=O)Nc2cccnc2)=C1. The van der Waals surface area contributed by atoms with E-state index >= 15 is 0 Å². The lowest BCUT2D eigenvalue weighted by Gasteiger charge is -2.24. The number of carbonyl (C=O) groups excluding carboxylic acids is 1. The number of amides is 1. The first kappa shape index (κ1) is 17.6. The largest absolute Gasteiger partial charge is 0.496 e. The first-order valence-corrected chi connectivity index (χ1v) is 8.97. The Balaban J connectivity index is 2.02. The second kappa shape index (κ2) is 6.96. The molecular formula is C17H16N4O4S. The second-order valence-corrected chi connectivity index (χ2v) is 6.97. The van der Waals surface area contributed by atoms with E-state index in [1.807, 2.05) is 0 Å². The van der Waals surface area contributed by atoms with Crippen LogP contribution in [-0.4, -0.2) is 43.5 Å². The lowest BCUT2D eigenvalue weighted by atomic mass is 10.1. The van der Waals surface area contributed by atoms with Crippen LogP contribution in [0.25, 0.3) is 0 Å². The maximum atomic E-state index is 12.6. The van der Waals surface area contributed by atoms with Gasteiger partial charge >= 0.3 is 10.2 Å². The number of anilines is 1. The van der Waals surface area contributed by atoms with Crippen molar-refractivity contribution in [1.29, 1.82) is 0 Å². The highest BCUT2D eigenvalue weighted by Crippen LogP contribution is 2.25. The van der Waals surface area contributed by atoms with Crippen molar-refractivity contribution in [2.75, 3.05) is 19.5 Å². The van der Waals surface area contributed by atoms with Crippen LogP contribution in [0.2, 0.25) is 0 Å². The van der Waals surface area contributed by atoms with Crippen molar-refractivity contribution in [3.05, 3.63) is 66.1 Å². The zero-order valence-electron chi connectivity index (χ0n) is 14.1. The lowest BCUT2D eigenvalue weighted by Crippen LogP contribution is -2.35. The van der Waals surface area contributed by atoms with Crippen molar-refractivity contribution in [1.82, 2.24) is 9.29 Å². The predicted molar refractivity (Wildman–Crippen MR) is 97.2 cm³/mol. The number of pyridine rings is 1. The third-order valence-corrected chi connectivity index (χ3v) is 5.02. The summed E-state index contributed by atoms with van der Waals surface area (Å²) in [6, 6.07) is 10.2. The molecule has 0 unspecified atom stereocenters. The summed E-state index contributed by atoms with van der Waals surface area (Å²) >= 11 is 0. The molecule has 2 aromatic rings. The van der Waals surface area contributed by atoms with Gasteiger partial charge in [0.25, 0.3) is 5.91 Å². The molecule has 1 aromatic heterocycles. The van der Waals surface area contributed by atoms with E-state index in [0.29, 0.717) is 17.0 Å². The number of para-hydroxylation sites is 1. The molecule has 26 heavy (non-hydrogen) atoms. The van der Waals surface area contributed by atoms with E-state index in [1.165, 1.54) is 26.4 Å². The van der Waals surface area contributed by atoms with E-state index in [1.54, 1.807) is 42.6 Å². The first-order chi connectivity index (χ1) is 12.4. The van der Waals surface area contributed by atoms with Gasteiger partial charge in [-0.2, -0.15) is 8.42 Å². The summed E-state index contributed by atoms with van der Waals surface area (Å²) in [7, 11) is -1.30. The first-order valence-electron chi connectivity index (χ1n) is 7.57. The van der Waals surface area contributed by atoms with Gasteiger partial charge < -0.3 is 10.1 Å². The fourth-order valence-corrected chi connectivity index (χ4v) is 3.29. The number of rotatable bonds is 4. The quantitative estimate of drug-likeness (QED) is 0.878. The van der Waals surface area contributed by atoms with Crippen LogP contribution < -0.4 is 10.1 Å². The van der Waals surface area contributed by atoms with E-state index in [0.717, 1.165) is 4.31 Å². The number of methoxy groups -OCH3 is 1.